The van der Waals surface area contributed by atoms with Crippen molar-refractivity contribution in [2.24, 2.45) is 11.7 Å². The summed E-state index contributed by atoms with van der Waals surface area (Å²) >= 11 is 0. The Labute approximate surface area is 226 Å². The van der Waals surface area contributed by atoms with Gasteiger partial charge in [-0.1, -0.05) is 38.0 Å². The third-order valence-corrected chi connectivity index (χ3v) is 6.50. The highest BCUT2D eigenvalue weighted by Gasteiger charge is 2.21. The summed E-state index contributed by atoms with van der Waals surface area (Å²) in [6.07, 6.45) is 17.8. The topological polar surface area (TPSA) is 116 Å². The number of hydrogen-bond acceptors (Lipinski definition) is 8. The second kappa shape index (κ2) is 15.5. The average Bonchev–Trinajstić information content (AvgIpc) is 3.47. The summed E-state index contributed by atoms with van der Waals surface area (Å²) in [6.45, 7) is 9.07. The fraction of sp³-hybridized carbons (Fsp3) is 0.467. The number of ketones is 1. The quantitative estimate of drug-likeness (QED) is 0.175. The number of carbonyl (C=O) groups is 2. The van der Waals surface area contributed by atoms with Gasteiger partial charge in [0.1, 0.15) is 17.3 Å². The number of methoxy groups -OCH3 is 2. The fourth-order valence-corrected chi connectivity index (χ4v) is 4.31. The van der Waals surface area contributed by atoms with Gasteiger partial charge in [-0.05, 0) is 75.7 Å². The lowest BCUT2D eigenvalue weighted by atomic mass is 9.89. The van der Waals surface area contributed by atoms with E-state index in [9.17, 15) is 9.59 Å². The van der Waals surface area contributed by atoms with Crippen LogP contribution in [-0.4, -0.2) is 35.9 Å². The highest BCUT2D eigenvalue weighted by atomic mass is 16.5. The molecule has 206 valence electrons. The molecule has 3 N–H and O–H groups in total. The Kier molecular flexibility index (Phi) is 12.5. The van der Waals surface area contributed by atoms with Gasteiger partial charge in [-0.2, -0.15) is 0 Å². The molecule has 3 rings (SSSR count). The van der Waals surface area contributed by atoms with E-state index in [0.29, 0.717) is 22.8 Å². The first-order chi connectivity index (χ1) is 18.2. The van der Waals surface area contributed by atoms with Crippen LogP contribution in [0, 0.1) is 5.92 Å². The van der Waals surface area contributed by atoms with E-state index in [4.69, 9.17) is 10.5 Å². The van der Waals surface area contributed by atoms with Gasteiger partial charge in [-0.3, -0.25) is 14.6 Å². The Morgan fingerprint density at radius 1 is 1.05 bits per heavy atom. The van der Waals surface area contributed by atoms with E-state index in [1.165, 1.54) is 31.9 Å². The number of esters is 1. The lowest BCUT2D eigenvalue weighted by Gasteiger charge is -2.18. The molecule has 1 aromatic rings. The Hall–Kier alpha value is -3.68. The number of nitrogens with zero attached hydrogens (tertiary/aromatic N) is 2. The van der Waals surface area contributed by atoms with E-state index in [1.54, 1.807) is 45.5 Å². The van der Waals surface area contributed by atoms with Crippen molar-refractivity contribution in [2.45, 2.75) is 72.1 Å². The minimum absolute atomic E-state index is 0.0142. The van der Waals surface area contributed by atoms with Gasteiger partial charge in [0, 0.05) is 5.70 Å². The van der Waals surface area contributed by atoms with Crippen molar-refractivity contribution in [3.05, 3.63) is 71.2 Å². The van der Waals surface area contributed by atoms with E-state index in [0.717, 1.165) is 43.4 Å². The molecule has 38 heavy (non-hydrogen) atoms. The van der Waals surface area contributed by atoms with Gasteiger partial charge in [-0.25, -0.2) is 4.98 Å². The molecular formula is C30H42N4O4. The molecule has 0 unspecified atom stereocenters. The number of hydrogen-bond donors (Lipinski definition) is 2. The smallest absolute Gasteiger partial charge is 0.308 e. The minimum atomic E-state index is -0.222. The number of aromatic nitrogens is 2. The van der Waals surface area contributed by atoms with Crippen molar-refractivity contribution < 1.29 is 19.1 Å². The number of anilines is 1. The summed E-state index contributed by atoms with van der Waals surface area (Å²) in [4.78, 5) is 32.7. The zero-order chi connectivity index (χ0) is 28.1. The highest BCUT2D eigenvalue weighted by Crippen LogP contribution is 2.27. The molecule has 8 heteroatoms. The van der Waals surface area contributed by atoms with Gasteiger partial charge in [0.2, 0.25) is 5.78 Å². The van der Waals surface area contributed by atoms with Crippen LogP contribution in [0.5, 0.6) is 0 Å². The Morgan fingerprint density at radius 3 is 2.32 bits per heavy atom. The SMILES string of the molecule is C=C(C)/C(=C\C=C(/C)C(=O)/C(Nc1cncc(C2=CCCC2)n1)=C(/C)N)OC.COC(=O)C1CCCCC1. The van der Waals surface area contributed by atoms with E-state index in [2.05, 4.69) is 32.7 Å². The van der Waals surface area contributed by atoms with Crippen LogP contribution in [-0.2, 0) is 19.1 Å². The maximum atomic E-state index is 12.9. The molecule has 0 aromatic carbocycles. The van der Waals surface area contributed by atoms with E-state index in [1.807, 2.05) is 6.92 Å². The van der Waals surface area contributed by atoms with Crippen LogP contribution in [0.4, 0.5) is 5.82 Å². The standard InChI is InChI=1S/C22H28N4O2.C8H14O2/c1-14(2)19(28-5)11-10-15(3)22(27)21(16(4)23)26-20-13-24-12-18(25-20)17-8-6-7-9-17;1-10-8(9)7-5-3-2-4-6-7/h8,10-13H,1,6-7,9,23H2,2-5H3,(H,25,26);7H,2-6H2,1H3/b15-10+,19-11+,21-16+;. The molecule has 1 saturated carbocycles. The molecule has 1 fully saturated rings. The lowest BCUT2D eigenvalue weighted by molar-refractivity contribution is -0.146. The predicted octanol–water partition coefficient (Wildman–Crippen LogP) is 6.01. The maximum absolute atomic E-state index is 12.9. The van der Waals surface area contributed by atoms with Crippen LogP contribution in [0.15, 0.2) is 65.5 Å². The first-order valence-corrected chi connectivity index (χ1v) is 13.1. The molecule has 0 saturated heterocycles. The number of nitrogens with one attached hydrogen (secondary N) is 1. The van der Waals surface area contributed by atoms with Crippen molar-refractivity contribution in [3.8, 4) is 0 Å². The summed E-state index contributed by atoms with van der Waals surface area (Å²) in [5.41, 5.74) is 9.92. The van der Waals surface area contributed by atoms with E-state index < -0.39 is 0 Å². The molecule has 0 aliphatic heterocycles. The first-order valence-electron chi connectivity index (χ1n) is 13.1. The molecule has 0 spiro atoms. The summed E-state index contributed by atoms with van der Waals surface area (Å²) in [7, 11) is 3.03. The summed E-state index contributed by atoms with van der Waals surface area (Å²) in [5.74, 6) is 1.07. The second-order valence-corrected chi connectivity index (χ2v) is 9.65. The van der Waals surface area contributed by atoms with Crippen LogP contribution in [0.2, 0.25) is 0 Å². The largest absolute Gasteiger partial charge is 0.497 e. The zero-order valence-electron chi connectivity index (χ0n) is 23.4. The number of carbonyl (C=O) groups excluding carboxylic acids is 2. The fourth-order valence-electron chi connectivity index (χ4n) is 4.31. The molecule has 1 heterocycles. The molecule has 2 aliphatic rings. The third kappa shape index (κ3) is 9.32. The zero-order valence-corrected chi connectivity index (χ0v) is 23.4. The van der Waals surface area contributed by atoms with Gasteiger partial charge in [0.15, 0.2) is 0 Å². The van der Waals surface area contributed by atoms with Crippen LogP contribution in [0.1, 0.15) is 77.8 Å². The molecule has 0 amide bonds. The van der Waals surface area contributed by atoms with Crippen molar-refractivity contribution in [3.63, 3.8) is 0 Å². The Morgan fingerprint density at radius 2 is 1.76 bits per heavy atom. The maximum Gasteiger partial charge on any atom is 0.308 e. The second-order valence-electron chi connectivity index (χ2n) is 9.65. The van der Waals surface area contributed by atoms with Crippen molar-refractivity contribution >= 4 is 23.1 Å². The van der Waals surface area contributed by atoms with Crippen LogP contribution < -0.4 is 11.1 Å². The van der Waals surface area contributed by atoms with Crippen LogP contribution in [0.25, 0.3) is 5.57 Å². The average molecular weight is 523 g/mol. The number of rotatable bonds is 9. The van der Waals surface area contributed by atoms with Crippen molar-refractivity contribution in [2.75, 3.05) is 19.5 Å². The van der Waals surface area contributed by atoms with Crippen molar-refractivity contribution in [1.82, 2.24) is 9.97 Å². The lowest BCUT2D eigenvalue weighted by Crippen LogP contribution is -2.18. The monoisotopic (exact) mass is 522 g/mol. The van der Waals surface area contributed by atoms with E-state index >= 15 is 0 Å². The summed E-state index contributed by atoms with van der Waals surface area (Å²) < 4.78 is 9.89. The van der Waals surface area contributed by atoms with Gasteiger partial charge in [0.05, 0.1) is 38.2 Å². The summed E-state index contributed by atoms with van der Waals surface area (Å²) in [6, 6.07) is 0. The highest BCUT2D eigenvalue weighted by molar-refractivity contribution is 6.10. The van der Waals surface area contributed by atoms with Gasteiger partial charge in [0.25, 0.3) is 0 Å². The third-order valence-electron chi connectivity index (χ3n) is 6.50. The molecule has 2 aliphatic carbocycles. The summed E-state index contributed by atoms with van der Waals surface area (Å²) in [5, 5.41) is 3.04. The normalized spacial score (nSPS) is 16.9. The molecule has 1 aromatic heterocycles. The number of nitrogens with two attached hydrogens (primary N) is 1. The van der Waals surface area contributed by atoms with Crippen LogP contribution in [0.3, 0.4) is 0 Å². The molecule has 0 radical (unpaired) electrons. The molecule has 8 nitrogen and oxygen atoms in total. The first kappa shape index (κ1) is 30.5. The Balaban J connectivity index is 0.000000423. The van der Waals surface area contributed by atoms with Gasteiger partial charge >= 0.3 is 5.97 Å². The van der Waals surface area contributed by atoms with Crippen LogP contribution >= 0.6 is 0 Å². The minimum Gasteiger partial charge on any atom is -0.497 e. The number of allylic oxidation sites excluding steroid dienone is 7. The molecule has 0 bridgehead atoms. The van der Waals surface area contributed by atoms with Gasteiger partial charge < -0.3 is 20.5 Å². The van der Waals surface area contributed by atoms with Crippen molar-refractivity contribution in [1.29, 1.82) is 0 Å². The number of Topliss-reactive ketones (excluding diaryl/α,β-unsaturated/α-hetero) is 1. The molecular weight excluding hydrogens is 480 g/mol. The van der Waals surface area contributed by atoms with E-state index in [-0.39, 0.29) is 23.4 Å². The van der Waals surface area contributed by atoms with Gasteiger partial charge in [-0.15, -0.1) is 0 Å². The Bertz CT molecular complexity index is 1120. The predicted molar refractivity (Wildman–Crippen MR) is 152 cm³/mol. The number of ether oxygens (including phenoxy) is 2. The molecule has 0 atom stereocenters.